The summed E-state index contributed by atoms with van der Waals surface area (Å²) >= 11 is 1.55. The summed E-state index contributed by atoms with van der Waals surface area (Å²) < 4.78 is 33.4. The van der Waals surface area contributed by atoms with E-state index in [1.807, 2.05) is 54.6 Å². The van der Waals surface area contributed by atoms with E-state index in [1.54, 1.807) is 36.0 Å². The molecule has 0 fully saturated rings. The number of pyridine rings is 1. The van der Waals surface area contributed by atoms with Crippen LogP contribution in [0.1, 0.15) is 43.6 Å². The van der Waals surface area contributed by atoms with Crippen LogP contribution < -0.4 is 39.4 Å². The third-order valence-corrected chi connectivity index (χ3v) is 7.83. The van der Waals surface area contributed by atoms with Gasteiger partial charge in [-0.1, -0.05) is 54.6 Å². The minimum absolute atomic E-state index is 0. The number of thioether (sulfide) groups is 1. The molecule has 1 atom stereocenters. The van der Waals surface area contributed by atoms with Crippen LogP contribution in [-0.2, 0) is 6.61 Å². The number of hydrogen-bond acceptors (Lipinski definition) is 5. The van der Waals surface area contributed by atoms with E-state index in [0.717, 1.165) is 45.0 Å². The van der Waals surface area contributed by atoms with E-state index in [1.165, 1.54) is 6.07 Å². The summed E-state index contributed by atoms with van der Waals surface area (Å²) in [5.41, 5.74) is 5.11. The average Bonchev–Trinajstić information content (AvgIpc) is 3.09. The zero-order valence-electron chi connectivity index (χ0n) is 21.4. The molecule has 0 aliphatic carbocycles. The van der Waals surface area contributed by atoms with Crippen molar-refractivity contribution >= 4 is 40.8 Å². The molecule has 192 valence electrons. The molecule has 1 aliphatic heterocycles. The van der Waals surface area contributed by atoms with Gasteiger partial charge in [-0.05, 0) is 64.7 Å². The van der Waals surface area contributed by atoms with Gasteiger partial charge in [0.05, 0.1) is 22.4 Å². The Kier molecular flexibility index (Phi) is 8.38. The van der Waals surface area contributed by atoms with Crippen LogP contribution in [0.4, 0.5) is 8.78 Å². The smallest absolute Gasteiger partial charge is 0.545 e. The molecule has 5 aromatic rings. The molecule has 2 heterocycles. The number of carboxylic acid groups (broad SMARTS) is 1. The monoisotopic (exact) mass is 559 g/mol. The maximum atomic E-state index is 13.7. The molecule has 1 aromatic heterocycles. The van der Waals surface area contributed by atoms with E-state index in [-0.39, 0.29) is 40.4 Å². The van der Waals surface area contributed by atoms with Gasteiger partial charge in [0.25, 0.3) is 0 Å². The average molecular weight is 560 g/mol. The van der Waals surface area contributed by atoms with Crippen molar-refractivity contribution in [2.24, 2.45) is 0 Å². The summed E-state index contributed by atoms with van der Waals surface area (Å²) in [5, 5.41) is 11.8. The van der Waals surface area contributed by atoms with E-state index in [0.29, 0.717) is 23.2 Å². The topological polar surface area (TPSA) is 62.2 Å². The number of fused-ring (bicyclic) bond motifs is 3. The number of halogens is 2. The van der Waals surface area contributed by atoms with Gasteiger partial charge in [-0.15, -0.1) is 11.8 Å². The number of aromatic nitrogens is 1. The molecule has 0 radical (unpaired) electrons. The Balaban J connectivity index is 0.00000323. The fourth-order valence-corrected chi connectivity index (χ4v) is 5.91. The van der Waals surface area contributed by atoms with Gasteiger partial charge in [-0.3, -0.25) is 0 Å². The van der Waals surface area contributed by atoms with Crippen molar-refractivity contribution in [3.63, 3.8) is 0 Å². The number of rotatable bonds is 5. The number of carbonyl (C=O) groups excluding carboxylic acids is 1. The number of nitrogens with zero attached hydrogens (tertiary/aromatic N) is 1. The number of hydrogen-bond donors (Lipinski definition) is 0. The standard InChI is InChI=1S/C32H21F2NO3S.Na/c33-27-16-20-10-12-23(35-29(20)17-28(27)34)11-8-19-9-13-30-26(14-19)31(25-7-2-1-4-22(25)18-38-30)39-24-6-3-5-21(15-24)32(36)37;/h1-17,31H,18H2,(H,36,37);/q;+1/p-1/b11-8+;. The van der Waals surface area contributed by atoms with Crippen molar-refractivity contribution in [3.05, 3.63) is 136 Å². The van der Waals surface area contributed by atoms with E-state index in [9.17, 15) is 18.7 Å². The predicted molar refractivity (Wildman–Crippen MR) is 146 cm³/mol. The minimum Gasteiger partial charge on any atom is -0.545 e. The van der Waals surface area contributed by atoms with E-state index < -0.39 is 17.6 Å². The van der Waals surface area contributed by atoms with Gasteiger partial charge in [0.15, 0.2) is 11.6 Å². The Labute approximate surface area is 256 Å². The van der Waals surface area contributed by atoms with Gasteiger partial charge < -0.3 is 14.6 Å². The molecular weight excluding hydrogens is 539 g/mol. The van der Waals surface area contributed by atoms with Gasteiger partial charge >= 0.3 is 29.6 Å². The first-order chi connectivity index (χ1) is 18.9. The molecular formula is C32H20F2NNaO3S. The number of carboxylic acids is 1. The molecule has 0 bridgehead atoms. The quantitative estimate of drug-likeness (QED) is 0.307. The number of carbonyl (C=O) groups is 1. The number of ether oxygens (including phenoxy) is 1. The maximum Gasteiger partial charge on any atom is 1.00 e. The van der Waals surface area contributed by atoms with Gasteiger partial charge in [0, 0.05) is 21.9 Å². The summed E-state index contributed by atoms with van der Waals surface area (Å²) in [6, 6.07) is 26.4. The van der Waals surface area contributed by atoms with E-state index in [4.69, 9.17) is 4.74 Å². The Hall–Kier alpha value is -3.49. The van der Waals surface area contributed by atoms with E-state index >= 15 is 0 Å². The molecule has 6 rings (SSSR count). The molecule has 4 nitrogen and oxygen atoms in total. The largest absolute Gasteiger partial charge is 1.00 e. The second kappa shape index (κ2) is 11.9. The summed E-state index contributed by atoms with van der Waals surface area (Å²) in [6.07, 6.45) is 3.73. The van der Waals surface area contributed by atoms with Crippen LogP contribution in [0.5, 0.6) is 5.75 Å². The summed E-state index contributed by atoms with van der Waals surface area (Å²) in [6.45, 7) is 0.423. The zero-order chi connectivity index (χ0) is 26.9. The minimum atomic E-state index is -1.22. The Morgan fingerprint density at radius 3 is 2.58 bits per heavy atom. The molecule has 0 amide bonds. The van der Waals surface area contributed by atoms with Crippen molar-refractivity contribution in [1.29, 1.82) is 0 Å². The van der Waals surface area contributed by atoms with Crippen molar-refractivity contribution in [3.8, 4) is 5.75 Å². The van der Waals surface area contributed by atoms with Crippen LogP contribution in [0, 0.1) is 11.6 Å². The molecule has 1 unspecified atom stereocenters. The van der Waals surface area contributed by atoms with Crippen molar-refractivity contribution in [1.82, 2.24) is 4.98 Å². The van der Waals surface area contributed by atoms with Crippen LogP contribution in [-0.4, -0.2) is 11.0 Å². The first-order valence-electron chi connectivity index (χ1n) is 12.2. The summed E-state index contributed by atoms with van der Waals surface area (Å²) in [5.74, 6) is -2.31. The van der Waals surface area contributed by atoms with Crippen molar-refractivity contribution < 1.29 is 53.0 Å². The molecule has 0 saturated heterocycles. The SMILES string of the molecule is O=C([O-])c1cccc(SC2c3ccccc3COc3ccc(/C=C/c4ccc5cc(F)c(F)cc5n4)cc32)c1.[Na+]. The molecule has 8 heteroatoms. The van der Waals surface area contributed by atoms with Crippen LogP contribution in [0.3, 0.4) is 0 Å². The Bertz CT molecular complexity index is 1780. The van der Waals surface area contributed by atoms with Crippen LogP contribution in [0.15, 0.2) is 95.9 Å². The van der Waals surface area contributed by atoms with Gasteiger partial charge in [0.2, 0.25) is 0 Å². The fraction of sp³-hybridized carbons (Fsp3) is 0.0625. The van der Waals surface area contributed by atoms with Crippen LogP contribution in [0.25, 0.3) is 23.1 Å². The second-order valence-electron chi connectivity index (χ2n) is 9.13. The third-order valence-electron chi connectivity index (χ3n) is 6.56. The van der Waals surface area contributed by atoms with Crippen molar-refractivity contribution in [2.45, 2.75) is 16.8 Å². The predicted octanol–water partition coefficient (Wildman–Crippen LogP) is 3.83. The van der Waals surface area contributed by atoms with Gasteiger partial charge in [-0.2, -0.15) is 0 Å². The first-order valence-corrected chi connectivity index (χ1v) is 13.1. The van der Waals surface area contributed by atoms with Crippen LogP contribution >= 0.6 is 11.8 Å². The molecule has 0 saturated carbocycles. The summed E-state index contributed by atoms with van der Waals surface area (Å²) in [7, 11) is 0. The maximum absolute atomic E-state index is 13.7. The molecule has 0 N–H and O–H groups in total. The first kappa shape index (κ1) is 28.1. The van der Waals surface area contributed by atoms with Gasteiger partial charge in [-0.25, -0.2) is 13.8 Å². The number of aromatic carboxylic acids is 1. The third kappa shape index (κ3) is 5.83. The molecule has 40 heavy (non-hydrogen) atoms. The Morgan fingerprint density at radius 1 is 0.900 bits per heavy atom. The normalized spacial score (nSPS) is 14.1. The van der Waals surface area contributed by atoms with E-state index in [2.05, 4.69) is 11.1 Å². The Morgan fingerprint density at radius 2 is 1.73 bits per heavy atom. The van der Waals surface area contributed by atoms with Gasteiger partial charge in [0.1, 0.15) is 12.4 Å². The second-order valence-corrected chi connectivity index (χ2v) is 10.3. The molecule has 4 aromatic carbocycles. The molecule has 1 aliphatic rings. The van der Waals surface area contributed by atoms with Crippen molar-refractivity contribution in [2.75, 3.05) is 0 Å². The van der Waals surface area contributed by atoms with Crippen LogP contribution in [0.2, 0.25) is 0 Å². The zero-order valence-corrected chi connectivity index (χ0v) is 24.3. The number of benzene rings is 4. The summed E-state index contributed by atoms with van der Waals surface area (Å²) in [4.78, 5) is 16.7. The fourth-order valence-electron chi connectivity index (χ4n) is 4.62. The molecule has 0 spiro atoms.